The Morgan fingerprint density at radius 1 is 1.19 bits per heavy atom. The number of benzene rings is 1. The van der Waals surface area contributed by atoms with Crippen molar-refractivity contribution in [2.75, 3.05) is 4.90 Å². The average Bonchev–Trinajstić information content (AvgIpc) is 2.90. The minimum atomic E-state index is -0.811. The number of hydrogen-bond acceptors (Lipinski definition) is 3. The summed E-state index contributed by atoms with van der Waals surface area (Å²) in [5.41, 5.74) is 2.03. The molecule has 0 aliphatic carbocycles. The standard InChI is InChI=1S/C16H17N3O2/c1-10-14(11(2)18-17-10)19-13(20)9-16(3,15(19)21)12-7-5-4-6-8-12/h4-8H,9H2,1-3H3,(H,17,18). The van der Waals surface area contributed by atoms with E-state index in [4.69, 9.17) is 0 Å². The van der Waals surface area contributed by atoms with Crippen molar-refractivity contribution >= 4 is 17.5 Å². The Bertz CT molecular complexity index is 701. The Hall–Kier alpha value is -2.43. The van der Waals surface area contributed by atoms with Gasteiger partial charge in [-0.25, -0.2) is 4.90 Å². The third kappa shape index (κ3) is 1.88. The second-order valence-corrected chi connectivity index (χ2v) is 5.69. The summed E-state index contributed by atoms with van der Waals surface area (Å²) in [4.78, 5) is 26.6. The molecule has 1 atom stereocenters. The van der Waals surface area contributed by atoms with E-state index in [1.807, 2.05) is 44.2 Å². The smallest absolute Gasteiger partial charge is 0.244 e. The first-order valence-electron chi connectivity index (χ1n) is 6.89. The van der Waals surface area contributed by atoms with Crippen molar-refractivity contribution in [1.82, 2.24) is 10.2 Å². The number of nitrogens with one attached hydrogen (secondary N) is 1. The van der Waals surface area contributed by atoms with E-state index >= 15 is 0 Å². The Kier molecular flexibility index (Phi) is 2.93. The van der Waals surface area contributed by atoms with E-state index in [9.17, 15) is 9.59 Å². The molecular formula is C16H17N3O2. The van der Waals surface area contributed by atoms with E-state index in [1.54, 1.807) is 6.92 Å². The van der Waals surface area contributed by atoms with Crippen LogP contribution in [0.25, 0.3) is 0 Å². The Morgan fingerprint density at radius 3 is 2.43 bits per heavy atom. The van der Waals surface area contributed by atoms with Gasteiger partial charge >= 0.3 is 0 Å². The molecule has 1 aliphatic rings. The number of aromatic amines is 1. The molecule has 5 heteroatoms. The van der Waals surface area contributed by atoms with Crippen LogP contribution in [-0.2, 0) is 15.0 Å². The van der Waals surface area contributed by atoms with Crippen LogP contribution in [0.5, 0.6) is 0 Å². The third-order valence-electron chi connectivity index (χ3n) is 4.15. The van der Waals surface area contributed by atoms with Crippen molar-refractivity contribution in [1.29, 1.82) is 0 Å². The van der Waals surface area contributed by atoms with Gasteiger partial charge in [0, 0.05) is 6.42 Å². The maximum atomic E-state index is 12.9. The van der Waals surface area contributed by atoms with Gasteiger partial charge in [0.25, 0.3) is 0 Å². The van der Waals surface area contributed by atoms with Crippen molar-refractivity contribution in [3.8, 4) is 0 Å². The summed E-state index contributed by atoms with van der Waals surface area (Å²) >= 11 is 0. The molecule has 1 unspecified atom stereocenters. The highest BCUT2D eigenvalue weighted by Gasteiger charge is 2.50. The van der Waals surface area contributed by atoms with Gasteiger partial charge in [-0.05, 0) is 26.3 Å². The molecule has 0 spiro atoms. The van der Waals surface area contributed by atoms with Crippen LogP contribution in [0.15, 0.2) is 30.3 Å². The van der Waals surface area contributed by atoms with E-state index in [1.165, 1.54) is 4.90 Å². The number of amides is 2. The molecule has 5 nitrogen and oxygen atoms in total. The van der Waals surface area contributed by atoms with Crippen LogP contribution in [0.2, 0.25) is 0 Å². The molecule has 1 saturated heterocycles. The van der Waals surface area contributed by atoms with Gasteiger partial charge in [0.05, 0.1) is 22.5 Å². The fraction of sp³-hybridized carbons (Fsp3) is 0.312. The summed E-state index contributed by atoms with van der Waals surface area (Å²) in [7, 11) is 0. The van der Waals surface area contributed by atoms with Crippen LogP contribution >= 0.6 is 0 Å². The maximum absolute atomic E-state index is 12.9. The summed E-state index contributed by atoms with van der Waals surface area (Å²) in [5.74, 6) is -0.370. The molecular weight excluding hydrogens is 266 g/mol. The lowest BCUT2D eigenvalue weighted by Gasteiger charge is -2.22. The van der Waals surface area contributed by atoms with E-state index in [0.29, 0.717) is 11.4 Å². The van der Waals surface area contributed by atoms with Crippen molar-refractivity contribution in [2.45, 2.75) is 32.6 Å². The van der Waals surface area contributed by atoms with Gasteiger partial charge in [0.15, 0.2) is 0 Å². The van der Waals surface area contributed by atoms with Gasteiger partial charge in [-0.1, -0.05) is 30.3 Å². The molecule has 2 amide bonds. The third-order valence-corrected chi connectivity index (χ3v) is 4.15. The first kappa shape index (κ1) is 13.5. The lowest BCUT2D eigenvalue weighted by molar-refractivity contribution is -0.122. The molecule has 1 N–H and O–H groups in total. The normalized spacial score (nSPS) is 22.1. The van der Waals surface area contributed by atoms with Crippen molar-refractivity contribution in [3.63, 3.8) is 0 Å². The predicted molar refractivity (Wildman–Crippen MR) is 79.0 cm³/mol. The number of imide groups is 1. The second-order valence-electron chi connectivity index (χ2n) is 5.69. The summed E-state index contributed by atoms with van der Waals surface area (Å²) in [6.07, 6.45) is 0.180. The van der Waals surface area contributed by atoms with Crippen LogP contribution in [0, 0.1) is 13.8 Å². The number of anilines is 1. The number of hydrogen-bond donors (Lipinski definition) is 1. The van der Waals surface area contributed by atoms with E-state index < -0.39 is 5.41 Å². The van der Waals surface area contributed by atoms with Gasteiger partial charge in [-0.15, -0.1) is 0 Å². The van der Waals surface area contributed by atoms with Crippen molar-refractivity contribution in [2.24, 2.45) is 0 Å². The van der Waals surface area contributed by atoms with E-state index in [0.717, 1.165) is 11.3 Å². The molecule has 21 heavy (non-hydrogen) atoms. The molecule has 3 rings (SSSR count). The monoisotopic (exact) mass is 283 g/mol. The highest BCUT2D eigenvalue weighted by molar-refractivity contribution is 6.25. The summed E-state index contributed by atoms with van der Waals surface area (Å²) in [6, 6.07) is 9.45. The minimum absolute atomic E-state index is 0.180. The van der Waals surface area contributed by atoms with Crippen molar-refractivity contribution < 1.29 is 9.59 Å². The Balaban J connectivity index is 2.08. The van der Waals surface area contributed by atoms with Gasteiger partial charge < -0.3 is 0 Å². The van der Waals surface area contributed by atoms with Gasteiger partial charge in [-0.2, -0.15) is 5.10 Å². The zero-order valence-electron chi connectivity index (χ0n) is 12.3. The average molecular weight is 283 g/mol. The number of carbonyl (C=O) groups is 2. The quantitative estimate of drug-likeness (QED) is 0.860. The summed E-state index contributed by atoms with van der Waals surface area (Å²) in [5, 5.41) is 6.90. The fourth-order valence-corrected chi connectivity index (χ4v) is 2.95. The number of H-pyrrole nitrogens is 1. The molecule has 0 bridgehead atoms. The van der Waals surface area contributed by atoms with Crippen LogP contribution in [-0.4, -0.2) is 22.0 Å². The number of aromatic nitrogens is 2. The van der Waals surface area contributed by atoms with Crippen molar-refractivity contribution in [3.05, 3.63) is 47.3 Å². The first-order valence-corrected chi connectivity index (χ1v) is 6.89. The molecule has 0 saturated carbocycles. The number of carbonyl (C=O) groups excluding carboxylic acids is 2. The van der Waals surface area contributed by atoms with Crippen LogP contribution in [0.3, 0.4) is 0 Å². The second kappa shape index (κ2) is 4.55. The van der Waals surface area contributed by atoms with Crippen LogP contribution in [0.4, 0.5) is 5.69 Å². The molecule has 1 aromatic carbocycles. The molecule has 1 aliphatic heterocycles. The van der Waals surface area contributed by atoms with Gasteiger partial charge in [0.1, 0.15) is 0 Å². The Labute approximate surface area is 123 Å². The number of aryl methyl sites for hydroxylation is 2. The molecule has 108 valence electrons. The molecule has 1 aromatic heterocycles. The highest BCUT2D eigenvalue weighted by atomic mass is 16.2. The zero-order valence-corrected chi connectivity index (χ0v) is 12.3. The molecule has 0 radical (unpaired) electrons. The molecule has 1 fully saturated rings. The lowest BCUT2D eigenvalue weighted by atomic mass is 9.81. The SMILES string of the molecule is Cc1n[nH]c(C)c1N1C(=O)CC(C)(c2ccccc2)C1=O. The van der Waals surface area contributed by atoms with Gasteiger partial charge in [-0.3, -0.25) is 14.7 Å². The van der Waals surface area contributed by atoms with Gasteiger partial charge in [0.2, 0.25) is 11.8 Å². The number of nitrogens with zero attached hydrogens (tertiary/aromatic N) is 2. The van der Waals surface area contributed by atoms with Crippen LogP contribution in [0.1, 0.15) is 30.3 Å². The topological polar surface area (TPSA) is 66.1 Å². The molecule has 2 heterocycles. The minimum Gasteiger partial charge on any atom is -0.280 e. The zero-order chi connectivity index (χ0) is 15.2. The summed E-state index contributed by atoms with van der Waals surface area (Å²) in [6.45, 7) is 5.43. The Morgan fingerprint density at radius 2 is 1.86 bits per heavy atom. The largest absolute Gasteiger partial charge is 0.280 e. The lowest BCUT2D eigenvalue weighted by Crippen LogP contribution is -2.37. The van der Waals surface area contributed by atoms with E-state index in [2.05, 4.69) is 10.2 Å². The summed E-state index contributed by atoms with van der Waals surface area (Å²) < 4.78 is 0. The molecule has 2 aromatic rings. The number of rotatable bonds is 2. The van der Waals surface area contributed by atoms with E-state index in [-0.39, 0.29) is 18.2 Å². The predicted octanol–water partition coefficient (Wildman–Crippen LogP) is 2.25. The first-order chi connectivity index (χ1) is 9.95. The maximum Gasteiger partial charge on any atom is 0.244 e. The fourth-order valence-electron chi connectivity index (χ4n) is 2.95. The van der Waals surface area contributed by atoms with Crippen LogP contribution < -0.4 is 4.90 Å². The highest BCUT2D eigenvalue weighted by Crippen LogP contribution is 2.39.